The first kappa shape index (κ1) is 11.3. The standard InChI is InChI=1S/C14H16N2O2/c1-14(2)7-9(14)12-15-10-6-4-5-8(11(10)16-12)13(17)18-3/h4-6,9H,7H2,1-3H3,(H,15,16). The summed E-state index contributed by atoms with van der Waals surface area (Å²) in [6, 6.07) is 5.53. The number of ether oxygens (including phenoxy) is 1. The van der Waals surface area contributed by atoms with Gasteiger partial charge in [-0.25, -0.2) is 9.78 Å². The Morgan fingerprint density at radius 1 is 1.50 bits per heavy atom. The number of esters is 1. The van der Waals surface area contributed by atoms with Gasteiger partial charge in [-0.1, -0.05) is 19.9 Å². The van der Waals surface area contributed by atoms with E-state index in [1.807, 2.05) is 12.1 Å². The first-order chi connectivity index (χ1) is 8.53. The van der Waals surface area contributed by atoms with Crippen molar-refractivity contribution in [3.05, 3.63) is 29.6 Å². The minimum Gasteiger partial charge on any atom is -0.465 e. The van der Waals surface area contributed by atoms with Gasteiger partial charge in [-0.2, -0.15) is 0 Å². The minimum atomic E-state index is -0.339. The second-order valence-electron chi connectivity index (χ2n) is 5.56. The van der Waals surface area contributed by atoms with Crippen molar-refractivity contribution in [1.82, 2.24) is 9.97 Å². The molecule has 1 aliphatic rings. The van der Waals surface area contributed by atoms with Gasteiger partial charge in [0, 0.05) is 5.92 Å². The van der Waals surface area contributed by atoms with E-state index in [1.165, 1.54) is 7.11 Å². The summed E-state index contributed by atoms with van der Waals surface area (Å²) in [6.07, 6.45) is 1.14. The molecule has 0 amide bonds. The van der Waals surface area contributed by atoms with Crippen LogP contribution in [0, 0.1) is 5.41 Å². The second kappa shape index (κ2) is 3.57. The van der Waals surface area contributed by atoms with Gasteiger partial charge in [0.1, 0.15) is 11.3 Å². The highest BCUT2D eigenvalue weighted by atomic mass is 16.5. The van der Waals surface area contributed by atoms with Gasteiger partial charge < -0.3 is 9.72 Å². The van der Waals surface area contributed by atoms with Crippen molar-refractivity contribution in [1.29, 1.82) is 0 Å². The Morgan fingerprint density at radius 3 is 2.83 bits per heavy atom. The zero-order valence-corrected chi connectivity index (χ0v) is 10.8. The molecule has 1 fully saturated rings. The second-order valence-corrected chi connectivity index (χ2v) is 5.56. The van der Waals surface area contributed by atoms with Crippen molar-refractivity contribution >= 4 is 17.0 Å². The number of imidazole rings is 1. The molecule has 0 bridgehead atoms. The molecule has 1 aromatic heterocycles. The summed E-state index contributed by atoms with van der Waals surface area (Å²) in [5.74, 6) is 1.11. The number of nitrogens with zero attached hydrogens (tertiary/aromatic N) is 1. The van der Waals surface area contributed by atoms with Gasteiger partial charge in [0.2, 0.25) is 0 Å². The van der Waals surface area contributed by atoms with Gasteiger partial charge in [0.05, 0.1) is 18.2 Å². The first-order valence-corrected chi connectivity index (χ1v) is 6.10. The molecule has 3 rings (SSSR count). The van der Waals surface area contributed by atoms with Crippen LogP contribution in [0.5, 0.6) is 0 Å². The summed E-state index contributed by atoms with van der Waals surface area (Å²) >= 11 is 0. The maximum absolute atomic E-state index is 11.7. The molecule has 1 aromatic carbocycles. The smallest absolute Gasteiger partial charge is 0.340 e. The van der Waals surface area contributed by atoms with Crippen LogP contribution in [0.25, 0.3) is 11.0 Å². The number of H-pyrrole nitrogens is 1. The highest BCUT2D eigenvalue weighted by Gasteiger charge is 2.48. The van der Waals surface area contributed by atoms with Crippen molar-refractivity contribution < 1.29 is 9.53 Å². The third kappa shape index (κ3) is 1.60. The summed E-state index contributed by atoms with van der Waals surface area (Å²) in [7, 11) is 1.39. The van der Waals surface area contributed by atoms with E-state index >= 15 is 0 Å². The van der Waals surface area contributed by atoms with Gasteiger partial charge in [-0.15, -0.1) is 0 Å². The zero-order chi connectivity index (χ0) is 12.9. The quantitative estimate of drug-likeness (QED) is 0.826. The van der Waals surface area contributed by atoms with E-state index in [0.717, 1.165) is 17.8 Å². The van der Waals surface area contributed by atoms with E-state index < -0.39 is 0 Å². The Balaban J connectivity index is 2.09. The number of hydrogen-bond acceptors (Lipinski definition) is 3. The number of methoxy groups -OCH3 is 1. The topological polar surface area (TPSA) is 55.0 Å². The van der Waals surface area contributed by atoms with Gasteiger partial charge in [-0.3, -0.25) is 0 Å². The maximum Gasteiger partial charge on any atom is 0.340 e. The van der Waals surface area contributed by atoms with Crippen molar-refractivity contribution in [3.8, 4) is 0 Å². The average Bonchev–Trinajstić information content (AvgIpc) is 2.81. The normalized spacial score (nSPS) is 20.9. The van der Waals surface area contributed by atoms with Crippen molar-refractivity contribution in [3.63, 3.8) is 0 Å². The Labute approximate surface area is 105 Å². The predicted octanol–water partition coefficient (Wildman–Crippen LogP) is 2.86. The summed E-state index contributed by atoms with van der Waals surface area (Å²) in [4.78, 5) is 19.6. The highest BCUT2D eigenvalue weighted by Crippen LogP contribution is 2.57. The van der Waals surface area contributed by atoms with Crippen molar-refractivity contribution in [2.45, 2.75) is 26.2 Å². The van der Waals surface area contributed by atoms with Crippen LogP contribution in [0.2, 0.25) is 0 Å². The Kier molecular flexibility index (Phi) is 2.24. The molecular formula is C14H16N2O2. The lowest BCUT2D eigenvalue weighted by Gasteiger charge is -1.99. The lowest BCUT2D eigenvalue weighted by atomic mass is 10.1. The first-order valence-electron chi connectivity index (χ1n) is 6.10. The molecule has 0 aliphatic heterocycles. The van der Waals surface area contributed by atoms with Crippen LogP contribution in [-0.2, 0) is 4.74 Å². The number of para-hydroxylation sites is 1. The van der Waals surface area contributed by atoms with E-state index in [-0.39, 0.29) is 5.97 Å². The molecule has 0 saturated heterocycles. The number of benzene rings is 1. The van der Waals surface area contributed by atoms with Crippen LogP contribution in [0.15, 0.2) is 18.2 Å². The Bertz CT molecular complexity index is 628. The molecule has 1 unspecified atom stereocenters. The molecule has 1 N–H and O–H groups in total. The molecule has 1 heterocycles. The van der Waals surface area contributed by atoms with Crippen LogP contribution in [-0.4, -0.2) is 23.0 Å². The highest BCUT2D eigenvalue weighted by molar-refractivity contribution is 6.01. The molecule has 18 heavy (non-hydrogen) atoms. The molecule has 0 radical (unpaired) electrons. The van der Waals surface area contributed by atoms with Crippen LogP contribution < -0.4 is 0 Å². The van der Waals surface area contributed by atoms with Crippen LogP contribution in [0.4, 0.5) is 0 Å². The Hall–Kier alpha value is -1.84. The number of nitrogens with one attached hydrogen (secondary N) is 1. The lowest BCUT2D eigenvalue weighted by molar-refractivity contribution is 0.0603. The number of aromatic amines is 1. The molecule has 1 atom stereocenters. The third-order valence-corrected chi connectivity index (χ3v) is 3.78. The number of carbonyl (C=O) groups is 1. The monoisotopic (exact) mass is 244 g/mol. The van der Waals surface area contributed by atoms with Gasteiger partial charge in [0.25, 0.3) is 0 Å². The summed E-state index contributed by atoms with van der Waals surface area (Å²) in [5, 5.41) is 0. The number of carbonyl (C=O) groups excluding carboxylic acids is 1. The van der Waals surface area contributed by atoms with E-state index in [2.05, 4.69) is 23.8 Å². The molecule has 94 valence electrons. The van der Waals surface area contributed by atoms with Crippen LogP contribution in [0.1, 0.15) is 42.4 Å². The minimum absolute atomic E-state index is 0.319. The average molecular weight is 244 g/mol. The van der Waals surface area contributed by atoms with E-state index in [9.17, 15) is 4.79 Å². The van der Waals surface area contributed by atoms with Gasteiger partial charge >= 0.3 is 5.97 Å². The molecule has 4 nitrogen and oxygen atoms in total. The van der Waals surface area contributed by atoms with Crippen molar-refractivity contribution in [2.75, 3.05) is 7.11 Å². The fourth-order valence-corrected chi connectivity index (χ4v) is 2.42. The molecule has 2 aromatic rings. The van der Waals surface area contributed by atoms with Gasteiger partial charge in [0.15, 0.2) is 0 Å². The number of fused-ring (bicyclic) bond motifs is 1. The largest absolute Gasteiger partial charge is 0.465 e. The zero-order valence-electron chi connectivity index (χ0n) is 10.8. The summed E-state index contributed by atoms with van der Waals surface area (Å²) in [6.45, 7) is 4.46. The number of aromatic nitrogens is 2. The molecule has 4 heteroatoms. The lowest BCUT2D eigenvalue weighted by Crippen LogP contribution is -2.01. The summed E-state index contributed by atoms with van der Waals surface area (Å²) in [5.41, 5.74) is 2.45. The fourth-order valence-electron chi connectivity index (χ4n) is 2.42. The van der Waals surface area contributed by atoms with Crippen molar-refractivity contribution in [2.24, 2.45) is 5.41 Å². The predicted molar refractivity (Wildman–Crippen MR) is 68.6 cm³/mol. The Morgan fingerprint density at radius 2 is 2.22 bits per heavy atom. The van der Waals surface area contributed by atoms with E-state index in [0.29, 0.717) is 22.4 Å². The van der Waals surface area contributed by atoms with Crippen LogP contribution in [0.3, 0.4) is 0 Å². The van der Waals surface area contributed by atoms with E-state index in [1.54, 1.807) is 6.07 Å². The number of hydrogen-bond donors (Lipinski definition) is 1. The molecular weight excluding hydrogens is 228 g/mol. The SMILES string of the molecule is COC(=O)c1cccc2[nH]c(C3CC3(C)C)nc12. The third-order valence-electron chi connectivity index (χ3n) is 3.78. The van der Waals surface area contributed by atoms with E-state index in [4.69, 9.17) is 4.74 Å². The maximum atomic E-state index is 11.7. The molecule has 0 spiro atoms. The van der Waals surface area contributed by atoms with Crippen LogP contribution >= 0.6 is 0 Å². The number of rotatable bonds is 2. The summed E-state index contributed by atoms with van der Waals surface area (Å²) < 4.78 is 4.78. The molecule has 1 saturated carbocycles. The molecule has 1 aliphatic carbocycles. The fraction of sp³-hybridized carbons (Fsp3) is 0.429. The van der Waals surface area contributed by atoms with Gasteiger partial charge in [-0.05, 0) is 24.0 Å².